The molecule has 0 aliphatic heterocycles. The molecule has 0 heterocycles. The highest BCUT2D eigenvalue weighted by molar-refractivity contribution is 5.96. The van der Waals surface area contributed by atoms with Gasteiger partial charge < -0.3 is 4.84 Å². The summed E-state index contributed by atoms with van der Waals surface area (Å²) in [5.41, 5.74) is 5.86. The summed E-state index contributed by atoms with van der Waals surface area (Å²) in [6, 6.07) is 17.3. The maximum atomic E-state index is 12.3. The quantitative estimate of drug-likeness (QED) is 0.644. The summed E-state index contributed by atoms with van der Waals surface area (Å²) in [6.07, 6.45) is 0.362. The van der Waals surface area contributed by atoms with Crippen molar-refractivity contribution in [2.75, 3.05) is 7.11 Å². The van der Waals surface area contributed by atoms with E-state index in [0.717, 1.165) is 11.1 Å². The lowest BCUT2D eigenvalue weighted by atomic mass is 9.98. The largest absolute Gasteiger partial charge is 0.305 e. The van der Waals surface area contributed by atoms with Gasteiger partial charge in [0.25, 0.3) is 0 Å². The minimum absolute atomic E-state index is 0.0979. The molecule has 1 N–H and O–H groups in total. The third-order valence-electron chi connectivity index (χ3n) is 3.23. The van der Waals surface area contributed by atoms with Crippen molar-refractivity contribution in [1.82, 2.24) is 5.48 Å². The number of Topliss-reactive ketones (excluding diaryl/α,β-unsaturated/α-hetero) is 1. The number of rotatable bonds is 6. The van der Waals surface area contributed by atoms with Crippen LogP contribution in [-0.4, -0.2) is 12.9 Å². The van der Waals surface area contributed by atoms with Crippen LogP contribution in [0.2, 0.25) is 0 Å². The molecule has 1 atom stereocenters. The second-order valence-corrected chi connectivity index (χ2v) is 4.78. The number of nitrogens with one attached hydrogen (secondary N) is 1. The van der Waals surface area contributed by atoms with Gasteiger partial charge in [-0.15, -0.1) is 0 Å². The first-order chi connectivity index (χ1) is 9.70. The summed E-state index contributed by atoms with van der Waals surface area (Å²) < 4.78 is 0. The molecule has 0 aliphatic rings. The molecule has 1 unspecified atom stereocenters. The summed E-state index contributed by atoms with van der Waals surface area (Å²) in [7, 11) is 1.56. The molecule has 3 nitrogen and oxygen atoms in total. The molecule has 0 radical (unpaired) electrons. The van der Waals surface area contributed by atoms with Gasteiger partial charge >= 0.3 is 0 Å². The lowest BCUT2D eigenvalue weighted by Gasteiger charge is -2.17. The first-order valence-corrected chi connectivity index (χ1v) is 6.64. The molecule has 0 saturated heterocycles. The Kier molecular flexibility index (Phi) is 5.04. The molecular weight excluding hydrogens is 250 g/mol. The fourth-order valence-corrected chi connectivity index (χ4v) is 2.10. The van der Waals surface area contributed by atoms with E-state index in [1.165, 1.54) is 5.56 Å². The van der Waals surface area contributed by atoms with Crippen LogP contribution in [0.4, 0.5) is 0 Å². The van der Waals surface area contributed by atoms with Crippen molar-refractivity contribution in [3.8, 4) is 0 Å². The highest BCUT2D eigenvalue weighted by Crippen LogP contribution is 2.20. The van der Waals surface area contributed by atoms with Gasteiger partial charge in [0.1, 0.15) is 0 Å². The molecular formula is C17H19NO2. The van der Waals surface area contributed by atoms with E-state index in [2.05, 4.69) is 5.48 Å². The van der Waals surface area contributed by atoms with E-state index < -0.39 is 0 Å². The highest BCUT2D eigenvalue weighted by atomic mass is 16.6. The number of carbonyl (C=O) groups is 1. The SMILES string of the molecule is CONC(CC(=O)c1ccccc1)c1ccc(C)cc1. The predicted octanol–water partition coefficient (Wildman–Crippen LogP) is 3.46. The molecule has 2 rings (SSSR count). The standard InChI is InChI=1S/C17H19NO2/c1-13-8-10-14(11-9-13)16(18-20-2)12-17(19)15-6-4-3-5-7-15/h3-11,16,18H,12H2,1-2H3. The van der Waals surface area contributed by atoms with Gasteiger partial charge in [0.2, 0.25) is 0 Å². The van der Waals surface area contributed by atoms with Crippen LogP contribution >= 0.6 is 0 Å². The van der Waals surface area contributed by atoms with Gasteiger partial charge in [0.05, 0.1) is 13.2 Å². The Labute approximate surface area is 119 Å². The van der Waals surface area contributed by atoms with Gasteiger partial charge in [-0.25, -0.2) is 0 Å². The van der Waals surface area contributed by atoms with Crippen LogP contribution in [0, 0.1) is 6.92 Å². The summed E-state index contributed by atoms with van der Waals surface area (Å²) in [6.45, 7) is 2.04. The monoisotopic (exact) mass is 269 g/mol. The van der Waals surface area contributed by atoms with Crippen molar-refractivity contribution in [2.24, 2.45) is 0 Å². The van der Waals surface area contributed by atoms with E-state index in [4.69, 9.17) is 4.84 Å². The molecule has 2 aromatic rings. The third kappa shape index (κ3) is 3.76. The maximum absolute atomic E-state index is 12.3. The molecule has 2 aromatic carbocycles. The number of carbonyl (C=O) groups excluding carboxylic acids is 1. The van der Waals surface area contributed by atoms with E-state index in [0.29, 0.717) is 6.42 Å². The predicted molar refractivity (Wildman–Crippen MR) is 79.5 cm³/mol. The molecule has 0 aromatic heterocycles. The number of benzene rings is 2. The van der Waals surface area contributed by atoms with Crippen LogP contribution in [0.25, 0.3) is 0 Å². The topological polar surface area (TPSA) is 38.3 Å². The molecule has 0 aliphatic carbocycles. The zero-order chi connectivity index (χ0) is 14.4. The van der Waals surface area contributed by atoms with Crippen LogP contribution in [-0.2, 0) is 4.84 Å². The van der Waals surface area contributed by atoms with Gasteiger partial charge in [-0.1, -0.05) is 60.2 Å². The van der Waals surface area contributed by atoms with Gasteiger partial charge in [0.15, 0.2) is 5.78 Å². The first-order valence-electron chi connectivity index (χ1n) is 6.64. The maximum Gasteiger partial charge on any atom is 0.164 e. The van der Waals surface area contributed by atoms with Crippen LogP contribution < -0.4 is 5.48 Å². The van der Waals surface area contributed by atoms with Crippen LogP contribution in [0.1, 0.15) is 33.9 Å². The van der Waals surface area contributed by atoms with Gasteiger partial charge in [0, 0.05) is 12.0 Å². The highest BCUT2D eigenvalue weighted by Gasteiger charge is 2.16. The molecule has 3 heteroatoms. The summed E-state index contributed by atoms with van der Waals surface area (Å²) in [4.78, 5) is 17.3. The van der Waals surface area contributed by atoms with E-state index in [9.17, 15) is 4.79 Å². The number of aryl methyl sites for hydroxylation is 1. The Morgan fingerprint density at radius 1 is 1.10 bits per heavy atom. The van der Waals surface area contributed by atoms with Crippen molar-refractivity contribution >= 4 is 5.78 Å². The Bertz CT molecular complexity index is 549. The Hall–Kier alpha value is -1.97. The lowest BCUT2D eigenvalue weighted by molar-refractivity contribution is 0.0545. The van der Waals surface area contributed by atoms with E-state index >= 15 is 0 Å². The average Bonchev–Trinajstić information content (AvgIpc) is 2.48. The molecule has 20 heavy (non-hydrogen) atoms. The Morgan fingerprint density at radius 2 is 1.75 bits per heavy atom. The van der Waals surface area contributed by atoms with E-state index in [-0.39, 0.29) is 11.8 Å². The second-order valence-electron chi connectivity index (χ2n) is 4.78. The zero-order valence-electron chi connectivity index (χ0n) is 11.8. The minimum Gasteiger partial charge on any atom is -0.305 e. The van der Waals surface area contributed by atoms with Crippen LogP contribution in [0.3, 0.4) is 0 Å². The minimum atomic E-state index is -0.145. The van der Waals surface area contributed by atoms with Gasteiger partial charge in [-0.3, -0.25) is 4.79 Å². The van der Waals surface area contributed by atoms with Gasteiger partial charge in [-0.05, 0) is 12.5 Å². The lowest BCUT2D eigenvalue weighted by Crippen LogP contribution is -2.23. The van der Waals surface area contributed by atoms with Crippen molar-refractivity contribution in [1.29, 1.82) is 0 Å². The zero-order valence-corrected chi connectivity index (χ0v) is 11.8. The normalized spacial score (nSPS) is 12.1. The van der Waals surface area contributed by atoms with Crippen molar-refractivity contribution < 1.29 is 9.63 Å². The molecule has 0 spiro atoms. The molecule has 0 amide bonds. The third-order valence-corrected chi connectivity index (χ3v) is 3.23. The van der Waals surface area contributed by atoms with Crippen LogP contribution in [0.15, 0.2) is 54.6 Å². The Balaban J connectivity index is 2.13. The molecule has 104 valence electrons. The summed E-state index contributed by atoms with van der Waals surface area (Å²) in [5.74, 6) is 0.0979. The fourth-order valence-electron chi connectivity index (χ4n) is 2.10. The smallest absolute Gasteiger partial charge is 0.164 e. The number of hydrogen-bond donors (Lipinski definition) is 1. The van der Waals surface area contributed by atoms with Crippen LogP contribution in [0.5, 0.6) is 0 Å². The number of hydroxylamine groups is 1. The second kappa shape index (κ2) is 6.98. The molecule has 0 bridgehead atoms. The van der Waals surface area contributed by atoms with Crippen molar-refractivity contribution in [3.63, 3.8) is 0 Å². The van der Waals surface area contributed by atoms with Crippen molar-refractivity contribution in [2.45, 2.75) is 19.4 Å². The number of ketones is 1. The van der Waals surface area contributed by atoms with E-state index in [1.807, 2.05) is 61.5 Å². The van der Waals surface area contributed by atoms with Crippen molar-refractivity contribution in [3.05, 3.63) is 71.3 Å². The van der Waals surface area contributed by atoms with Gasteiger partial charge in [-0.2, -0.15) is 5.48 Å². The Morgan fingerprint density at radius 3 is 2.35 bits per heavy atom. The summed E-state index contributed by atoms with van der Waals surface area (Å²) >= 11 is 0. The molecule has 0 fully saturated rings. The summed E-state index contributed by atoms with van der Waals surface area (Å²) in [5, 5.41) is 0. The van der Waals surface area contributed by atoms with E-state index in [1.54, 1.807) is 7.11 Å². The number of hydrogen-bond acceptors (Lipinski definition) is 3. The molecule has 0 saturated carbocycles. The first kappa shape index (κ1) is 14.4. The fraction of sp³-hybridized carbons (Fsp3) is 0.235. The average molecular weight is 269 g/mol.